The normalized spacial score (nSPS) is 26.8. The van der Waals surface area contributed by atoms with Crippen LogP contribution in [0.1, 0.15) is 57.1 Å². The Hall–Kier alpha value is -0.570. The van der Waals surface area contributed by atoms with Crippen molar-refractivity contribution in [3.63, 3.8) is 0 Å². The van der Waals surface area contributed by atoms with Crippen molar-refractivity contribution in [1.82, 2.24) is 5.32 Å². The predicted octanol–water partition coefficient (Wildman–Crippen LogP) is 4.48. The minimum atomic E-state index is 0.190. The molecule has 0 aromatic heterocycles. The molecule has 1 N–H and O–H groups in total. The summed E-state index contributed by atoms with van der Waals surface area (Å²) in [7, 11) is 0. The molecule has 1 spiro atoms. The van der Waals surface area contributed by atoms with E-state index in [4.69, 9.17) is 16.3 Å². The van der Waals surface area contributed by atoms with Crippen LogP contribution >= 0.6 is 11.6 Å². The van der Waals surface area contributed by atoms with E-state index in [1.807, 2.05) is 12.1 Å². The van der Waals surface area contributed by atoms with Crippen LogP contribution in [0.3, 0.4) is 0 Å². The van der Waals surface area contributed by atoms with E-state index in [0.29, 0.717) is 12.1 Å². The standard InChI is InChI=1S/C17H24ClNO/c1-13(14-4-6-15(18)7-5-14)19-16-8-11-20-17(12-16)9-2-3-10-17/h4-7,13,16,19H,2-3,8-12H2,1H3. The second-order valence-electron chi connectivity index (χ2n) is 6.37. The van der Waals surface area contributed by atoms with Gasteiger partial charge in [-0.2, -0.15) is 0 Å². The van der Waals surface area contributed by atoms with Gasteiger partial charge >= 0.3 is 0 Å². The van der Waals surface area contributed by atoms with Gasteiger partial charge in [0.05, 0.1) is 5.60 Å². The number of hydrogen-bond acceptors (Lipinski definition) is 2. The van der Waals surface area contributed by atoms with Crippen molar-refractivity contribution in [3.05, 3.63) is 34.9 Å². The summed E-state index contributed by atoms with van der Waals surface area (Å²) in [6.45, 7) is 3.14. The summed E-state index contributed by atoms with van der Waals surface area (Å²) in [5, 5.41) is 4.59. The predicted molar refractivity (Wildman–Crippen MR) is 83.2 cm³/mol. The van der Waals surface area contributed by atoms with Crippen LogP contribution in [0.5, 0.6) is 0 Å². The molecule has 2 fully saturated rings. The lowest BCUT2D eigenvalue weighted by atomic mass is 9.88. The molecule has 0 radical (unpaired) electrons. The van der Waals surface area contributed by atoms with E-state index >= 15 is 0 Å². The average Bonchev–Trinajstić information content (AvgIpc) is 2.87. The Labute approximate surface area is 126 Å². The van der Waals surface area contributed by atoms with Crippen LogP contribution in [-0.4, -0.2) is 18.2 Å². The van der Waals surface area contributed by atoms with Gasteiger partial charge in [-0.1, -0.05) is 36.6 Å². The lowest BCUT2D eigenvalue weighted by Crippen LogP contribution is -2.46. The van der Waals surface area contributed by atoms with Crippen molar-refractivity contribution < 1.29 is 4.74 Å². The molecule has 1 heterocycles. The number of benzene rings is 1. The monoisotopic (exact) mass is 293 g/mol. The molecule has 2 nitrogen and oxygen atoms in total. The van der Waals surface area contributed by atoms with Gasteiger partial charge in [0.25, 0.3) is 0 Å². The Balaban J connectivity index is 1.60. The molecule has 1 saturated heterocycles. The minimum absolute atomic E-state index is 0.190. The largest absolute Gasteiger partial charge is 0.375 e. The molecule has 3 rings (SSSR count). The van der Waals surface area contributed by atoms with Gasteiger partial charge in [0.1, 0.15) is 0 Å². The highest BCUT2D eigenvalue weighted by Gasteiger charge is 2.40. The SMILES string of the molecule is CC(NC1CCOC2(CCCC2)C1)c1ccc(Cl)cc1. The lowest BCUT2D eigenvalue weighted by Gasteiger charge is -2.39. The zero-order valence-electron chi connectivity index (χ0n) is 12.2. The maximum absolute atomic E-state index is 6.10. The second kappa shape index (κ2) is 6.05. The van der Waals surface area contributed by atoms with Crippen molar-refractivity contribution in [2.24, 2.45) is 0 Å². The summed E-state index contributed by atoms with van der Waals surface area (Å²) in [6.07, 6.45) is 7.46. The van der Waals surface area contributed by atoms with E-state index in [9.17, 15) is 0 Å². The number of ether oxygens (including phenoxy) is 1. The molecule has 3 heteroatoms. The molecule has 0 bridgehead atoms. The van der Waals surface area contributed by atoms with Gasteiger partial charge in [-0.15, -0.1) is 0 Å². The maximum Gasteiger partial charge on any atom is 0.0697 e. The van der Waals surface area contributed by atoms with E-state index in [1.165, 1.54) is 37.7 Å². The van der Waals surface area contributed by atoms with E-state index in [0.717, 1.165) is 18.1 Å². The number of nitrogens with one attached hydrogen (secondary N) is 1. The zero-order chi connectivity index (χ0) is 14.0. The molecule has 1 aromatic carbocycles. The van der Waals surface area contributed by atoms with E-state index < -0.39 is 0 Å². The average molecular weight is 294 g/mol. The highest BCUT2D eigenvalue weighted by molar-refractivity contribution is 6.30. The van der Waals surface area contributed by atoms with Gasteiger partial charge in [-0.05, 0) is 50.3 Å². The maximum atomic E-state index is 6.10. The highest BCUT2D eigenvalue weighted by Crippen LogP contribution is 2.40. The van der Waals surface area contributed by atoms with Crippen LogP contribution in [0.15, 0.2) is 24.3 Å². The van der Waals surface area contributed by atoms with Crippen molar-refractivity contribution >= 4 is 11.6 Å². The molecule has 110 valence electrons. The number of hydrogen-bond donors (Lipinski definition) is 1. The van der Waals surface area contributed by atoms with E-state index in [2.05, 4.69) is 24.4 Å². The fourth-order valence-corrected chi connectivity index (χ4v) is 3.87. The van der Waals surface area contributed by atoms with Gasteiger partial charge in [-0.25, -0.2) is 0 Å². The first-order valence-corrected chi connectivity index (χ1v) is 8.20. The van der Waals surface area contributed by atoms with Gasteiger partial charge in [0.2, 0.25) is 0 Å². The first-order valence-electron chi connectivity index (χ1n) is 7.82. The Bertz CT molecular complexity index is 439. The van der Waals surface area contributed by atoms with Gasteiger partial charge < -0.3 is 10.1 Å². The highest BCUT2D eigenvalue weighted by atomic mass is 35.5. The topological polar surface area (TPSA) is 21.3 Å². The molecule has 2 atom stereocenters. The van der Waals surface area contributed by atoms with Gasteiger partial charge in [0, 0.05) is 23.7 Å². The lowest BCUT2D eigenvalue weighted by molar-refractivity contribution is -0.0846. The quantitative estimate of drug-likeness (QED) is 0.887. The third-order valence-electron chi connectivity index (χ3n) is 4.86. The third-order valence-corrected chi connectivity index (χ3v) is 5.12. The second-order valence-corrected chi connectivity index (χ2v) is 6.80. The Morgan fingerprint density at radius 3 is 2.65 bits per heavy atom. The summed E-state index contributed by atoms with van der Waals surface area (Å²) in [5.41, 5.74) is 1.50. The third kappa shape index (κ3) is 3.19. The van der Waals surface area contributed by atoms with Gasteiger partial charge in [-0.3, -0.25) is 0 Å². The molecule has 2 unspecified atom stereocenters. The molecule has 1 aliphatic carbocycles. The number of halogens is 1. The molecule has 1 aliphatic heterocycles. The minimum Gasteiger partial charge on any atom is -0.375 e. The van der Waals surface area contributed by atoms with Crippen LogP contribution in [0, 0.1) is 0 Å². The number of rotatable bonds is 3. The van der Waals surface area contributed by atoms with E-state index in [1.54, 1.807) is 0 Å². The molecule has 0 amide bonds. The molecule has 1 aromatic rings. The Kier molecular flexibility index (Phi) is 4.34. The first-order chi connectivity index (χ1) is 9.67. The fraction of sp³-hybridized carbons (Fsp3) is 0.647. The van der Waals surface area contributed by atoms with Crippen LogP contribution in [-0.2, 0) is 4.74 Å². The zero-order valence-corrected chi connectivity index (χ0v) is 13.0. The van der Waals surface area contributed by atoms with Crippen LogP contribution in [0.2, 0.25) is 5.02 Å². The molecule has 2 aliphatic rings. The van der Waals surface area contributed by atoms with Crippen molar-refractivity contribution in [3.8, 4) is 0 Å². The van der Waals surface area contributed by atoms with Crippen LogP contribution < -0.4 is 5.32 Å². The molecule has 1 saturated carbocycles. The first kappa shape index (κ1) is 14.4. The van der Waals surface area contributed by atoms with E-state index in [-0.39, 0.29) is 5.60 Å². The summed E-state index contributed by atoms with van der Waals surface area (Å²) < 4.78 is 6.10. The summed E-state index contributed by atoms with van der Waals surface area (Å²) in [4.78, 5) is 0. The van der Waals surface area contributed by atoms with Crippen molar-refractivity contribution in [2.45, 2.75) is 63.1 Å². The summed E-state index contributed by atoms with van der Waals surface area (Å²) in [5.74, 6) is 0. The Morgan fingerprint density at radius 2 is 1.95 bits per heavy atom. The van der Waals surface area contributed by atoms with Crippen molar-refractivity contribution in [2.75, 3.05) is 6.61 Å². The Morgan fingerprint density at radius 1 is 1.25 bits per heavy atom. The molecular formula is C17H24ClNO. The van der Waals surface area contributed by atoms with Gasteiger partial charge in [0.15, 0.2) is 0 Å². The molecular weight excluding hydrogens is 270 g/mol. The summed E-state index contributed by atoms with van der Waals surface area (Å²) in [6, 6.07) is 9.12. The van der Waals surface area contributed by atoms with Crippen LogP contribution in [0.4, 0.5) is 0 Å². The van der Waals surface area contributed by atoms with Crippen LogP contribution in [0.25, 0.3) is 0 Å². The fourth-order valence-electron chi connectivity index (χ4n) is 3.74. The molecule has 20 heavy (non-hydrogen) atoms. The smallest absolute Gasteiger partial charge is 0.0697 e. The summed E-state index contributed by atoms with van der Waals surface area (Å²) >= 11 is 5.95. The van der Waals surface area contributed by atoms with Crippen molar-refractivity contribution in [1.29, 1.82) is 0 Å².